The van der Waals surface area contributed by atoms with Crippen LogP contribution in [0.3, 0.4) is 0 Å². The van der Waals surface area contributed by atoms with Crippen LogP contribution in [0.4, 0.5) is 5.69 Å². The van der Waals surface area contributed by atoms with E-state index in [-0.39, 0.29) is 6.61 Å². The molecule has 0 aromatic heterocycles. The minimum atomic E-state index is -1.22. The number of carbonyl (C=O) groups is 1. The number of esters is 1. The van der Waals surface area contributed by atoms with Crippen molar-refractivity contribution in [1.82, 2.24) is 0 Å². The van der Waals surface area contributed by atoms with Gasteiger partial charge in [-0.15, -0.1) is 0 Å². The van der Waals surface area contributed by atoms with Gasteiger partial charge >= 0.3 is 12.3 Å². The number of ether oxygens (including phenoxy) is 3. The van der Waals surface area contributed by atoms with E-state index in [0.29, 0.717) is 16.5 Å². The van der Waals surface area contributed by atoms with Gasteiger partial charge in [-0.25, -0.2) is 4.79 Å². The number of hydrogen-bond donors (Lipinski definition) is 0. The summed E-state index contributed by atoms with van der Waals surface area (Å²) in [6.45, 7) is 4.23. The number of benzene rings is 3. The highest BCUT2D eigenvalue weighted by molar-refractivity contribution is 6.30. The molecule has 1 heterocycles. The van der Waals surface area contributed by atoms with E-state index < -0.39 is 12.3 Å². The van der Waals surface area contributed by atoms with E-state index >= 15 is 0 Å². The Bertz CT molecular complexity index is 1030. The van der Waals surface area contributed by atoms with E-state index in [1.165, 1.54) is 24.9 Å². The first-order valence-corrected chi connectivity index (χ1v) is 11.7. The molecule has 0 radical (unpaired) electrons. The van der Waals surface area contributed by atoms with Crippen molar-refractivity contribution in [2.75, 3.05) is 24.6 Å². The highest BCUT2D eigenvalue weighted by Crippen LogP contribution is 2.27. The molecule has 5 nitrogen and oxygen atoms in total. The summed E-state index contributed by atoms with van der Waals surface area (Å²) in [6, 6.07) is 23.0. The topological polar surface area (TPSA) is 48.0 Å². The number of hydrogen-bond acceptors (Lipinski definition) is 5. The number of anilines is 1. The van der Waals surface area contributed by atoms with Crippen molar-refractivity contribution in [3.63, 3.8) is 0 Å². The van der Waals surface area contributed by atoms with Gasteiger partial charge < -0.3 is 19.1 Å². The fraction of sp³-hybridized carbons (Fsp3) is 0.296. The van der Waals surface area contributed by atoms with Gasteiger partial charge in [-0.05, 0) is 85.8 Å². The standard InChI is InChI=1S/C27H28ClNO4/c1-2-31-26(30)27(33-25-16-10-22(28)11-17-25)32-24-14-8-21(9-15-24)20-6-12-23(13-7-20)29-18-4-3-5-19-29/h6-17,27H,2-5,18-19H2,1H3. The maximum absolute atomic E-state index is 12.4. The van der Waals surface area contributed by atoms with Gasteiger partial charge in [-0.2, -0.15) is 0 Å². The summed E-state index contributed by atoms with van der Waals surface area (Å²) < 4.78 is 16.6. The van der Waals surface area contributed by atoms with Crippen LogP contribution in [-0.2, 0) is 9.53 Å². The van der Waals surface area contributed by atoms with Gasteiger partial charge in [-0.3, -0.25) is 0 Å². The predicted octanol–water partition coefficient (Wildman–Crippen LogP) is 6.34. The van der Waals surface area contributed by atoms with Crippen LogP contribution in [0.5, 0.6) is 11.5 Å². The van der Waals surface area contributed by atoms with Gasteiger partial charge in [0.25, 0.3) is 0 Å². The van der Waals surface area contributed by atoms with Crippen molar-refractivity contribution in [2.45, 2.75) is 32.5 Å². The lowest BCUT2D eigenvalue weighted by molar-refractivity contribution is -0.165. The fourth-order valence-corrected chi connectivity index (χ4v) is 3.96. The maximum atomic E-state index is 12.4. The zero-order valence-corrected chi connectivity index (χ0v) is 19.5. The molecular weight excluding hydrogens is 438 g/mol. The van der Waals surface area contributed by atoms with Crippen LogP contribution < -0.4 is 14.4 Å². The minimum Gasteiger partial charge on any atom is -0.460 e. The first kappa shape index (κ1) is 23.0. The summed E-state index contributed by atoms with van der Waals surface area (Å²) in [5.74, 6) is 0.378. The summed E-state index contributed by atoms with van der Waals surface area (Å²) in [7, 11) is 0. The van der Waals surface area contributed by atoms with Crippen LogP contribution in [0.15, 0.2) is 72.8 Å². The van der Waals surface area contributed by atoms with Gasteiger partial charge in [0, 0.05) is 23.8 Å². The Labute approximate surface area is 199 Å². The number of carbonyl (C=O) groups excluding carboxylic acids is 1. The van der Waals surface area contributed by atoms with Gasteiger partial charge in [0.15, 0.2) is 0 Å². The summed E-state index contributed by atoms with van der Waals surface area (Å²) in [4.78, 5) is 14.8. The quantitative estimate of drug-likeness (QED) is 0.287. The number of halogens is 1. The Kier molecular flexibility index (Phi) is 7.74. The van der Waals surface area contributed by atoms with Crippen molar-refractivity contribution < 1.29 is 19.0 Å². The molecular formula is C27H28ClNO4. The maximum Gasteiger partial charge on any atom is 0.389 e. The van der Waals surface area contributed by atoms with Crippen LogP contribution in [0, 0.1) is 0 Å². The molecule has 3 aromatic carbocycles. The minimum absolute atomic E-state index is 0.231. The van der Waals surface area contributed by atoms with E-state index in [1.54, 1.807) is 31.2 Å². The number of piperidine rings is 1. The second-order valence-corrected chi connectivity index (χ2v) is 8.33. The van der Waals surface area contributed by atoms with Crippen LogP contribution in [0.1, 0.15) is 26.2 Å². The van der Waals surface area contributed by atoms with Crippen molar-refractivity contribution in [3.05, 3.63) is 77.8 Å². The highest BCUT2D eigenvalue weighted by Gasteiger charge is 2.24. The van der Waals surface area contributed by atoms with Crippen molar-refractivity contribution in [1.29, 1.82) is 0 Å². The van der Waals surface area contributed by atoms with Crippen LogP contribution in [-0.4, -0.2) is 32.0 Å². The number of rotatable bonds is 8. The molecule has 0 saturated carbocycles. The second-order valence-electron chi connectivity index (χ2n) is 7.89. The summed E-state index contributed by atoms with van der Waals surface area (Å²) in [5, 5.41) is 0.579. The molecule has 6 heteroatoms. The van der Waals surface area contributed by atoms with Gasteiger partial charge in [0.05, 0.1) is 6.61 Å². The Morgan fingerprint density at radius 1 is 0.818 bits per heavy atom. The monoisotopic (exact) mass is 465 g/mol. The lowest BCUT2D eigenvalue weighted by Crippen LogP contribution is -2.35. The summed E-state index contributed by atoms with van der Waals surface area (Å²) in [5.41, 5.74) is 3.47. The first-order valence-electron chi connectivity index (χ1n) is 11.3. The number of nitrogens with zero attached hydrogens (tertiary/aromatic N) is 1. The molecule has 0 spiro atoms. The van der Waals surface area contributed by atoms with Gasteiger partial charge in [-0.1, -0.05) is 35.9 Å². The molecule has 3 aromatic rings. The molecule has 0 N–H and O–H groups in total. The molecule has 0 amide bonds. The van der Waals surface area contributed by atoms with E-state index in [4.69, 9.17) is 25.8 Å². The lowest BCUT2D eigenvalue weighted by atomic mass is 10.0. The zero-order valence-electron chi connectivity index (χ0n) is 18.7. The molecule has 0 bridgehead atoms. The Balaban J connectivity index is 1.44. The molecule has 172 valence electrons. The molecule has 33 heavy (non-hydrogen) atoms. The average Bonchev–Trinajstić information content (AvgIpc) is 2.86. The van der Waals surface area contributed by atoms with E-state index in [0.717, 1.165) is 24.2 Å². The normalized spacial score (nSPS) is 14.4. The summed E-state index contributed by atoms with van der Waals surface area (Å²) >= 11 is 5.92. The van der Waals surface area contributed by atoms with Crippen molar-refractivity contribution >= 4 is 23.3 Å². The van der Waals surface area contributed by atoms with Crippen molar-refractivity contribution in [3.8, 4) is 22.6 Å². The second kappa shape index (κ2) is 11.1. The Hall–Kier alpha value is -3.18. The van der Waals surface area contributed by atoms with Crippen LogP contribution >= 0.6 is 11.6 Å². The van der Waals surface area contributed by atoms with Gasteiger partial charge in [0.1, 0.15) is 11.5 Å². The van der Waals surface area contributed by atoms with Crippen molar-refractivity contribution in [2.24, 2.45) is 0 Å². The predicted molar refractivity (Wildman–Crippen MR) is 131 cm³/mol. The van der Waals surface area contributed by atoms with Gasteiger partial charge in [0.2, 0.25) is 0 Å². The lowest BCUT2D eigenvalue weighted by Gasteiger charge is -2.28. The van der Waals surface area contributed by atoms with Crippen LogP contribution in [0.25, 0.3) is 11.1 Å². The Morgan fingerprint density at radius 3 is 1.88 bits per heavy atom. The van der Waals surface area contributed by atoms with E-state index in [2.05, 4.69) is 29.2 Å². The molecule has 1 saturated heterocycles. The molecule has 1 fully saturated rings. The Morgan fingerprint density at radius 2 is 1.33 bits per heavy atom. The third-order valence-corrected chi connectivity index (χ3v) is 5.81. The largest absolute Gasteiger partial charge is 0.460 e. The zero-order chi connectivity index (χ0) is 23.0. The molecule has 1 aliphatic rings. The van der Waals surface area contributed by atoms with Crippen LogP contribution in [0.2, 0.25) is 5.02 Å². The third kappa shape index (κ3) is 6.20. The highest BCUT2D eigenvalue weighted by atomic mass is 35.5. The molecule has 4 rings (SSSR count). The molecule has 1 aliphatic heterocycles. The smallest absolute Gasteiger partial charge is 0.389 e. The SMILES string of the molecule is CCOC(=O)C(Oc1ccc(Cl)cc1)Oc1ccc(-c2ccc(N3CCCCC3)cc2)cc1. The molecule has 1 atom stereocenters. The first-order chi connectivity index (χ1) is 16.1. The molecule has 0 aliphatic carbocycles. The van der Waals surface area contributed by atoms with E-state index in [1.807, 2.05) is 24.3 Å². The third-order valence-electron chi connectivity index (χ3n) is 5.56. The molecule has 1 unspecified atom stereocenters. The fourth-order valence-electron chi connectivity index (χ4n) is 3.83. The summed E-state index contributed by atoms with van der Waals surface area (Å²) in [6.07, 6.45) is 2.63. The average molecular weight is 466 g/mol. The van der Waals surface area contributed by atoms with E-state index in [9.17, 15) is 4.79 Å².